The van der Waals surface area contributed by atoms with E-state index in [1.807, 2.05) is 0 Å². The molecule has 0 rings (SSSR count). The van der Waals surface area contributed by atoms with Crippen LogP contribution in [0.15, 0.2) is 0 Å². The predicted octanol–water partition coefficient (Wildman–Crippen LogP) is -8.36. The Kier molecular flexibility index (Phi) is 187. The molecule has 0 fully saturated rings. The van der Waals surface area contributed by atoms with Crippen LogP contribution in [-0.2, 0) is 9.13 Å². The van der Waals surface area contributed by atoms with Gasteiger partial charge in [-0.15, -0.1) is 0 Å². The fourth-order valence-corrected chi connectivity index (χ4v) is 0. The molecule has 0 spiro atoms. The van der Waals surface area contributed by atoms with Gasteiger partial charge in [0.15, 0.2) is 0 Å². The van der Waals surface area contributed by atoms with E-state index in [0.29, 0.717) is 0 Å². The molecule has 40 valence electrons. The molecule has 0 aromatic heterocycles. The first-order chi connectivity index (χ1) is 1.41. The summed E-state index contributed by atoms with van der Waals surface area (Å²) in [7, 11) is -1.08. The maximum absolute atomic E-state index is 8.35. The summed E-state index contributed by atoms with van der Waals surface area (Å²) in [6.07, 6.45) is 0. The van der Waals surface area contributed by atoms with Crippen molar-refractivity contribution in [2.45, 2.75) is 0 Å². The van der Waals surface area contributed by atoms with Crippen LogP contribution in [0, 0.1) is 0 Å². The fourth-order valence-electron chi connectivity index (χ4n) is 0. The Morgan fingerprint density at radius 3 is 0.833 bits per heavy atom. The van der Waals surface area contributed by atoms with Gasteiger partial charge >= 0.3 is 17.5 Å². The number of halogens is 3. The molecule has 0 amide bonds. The molecule has 0 atom stereocenters. The van der Waals surface area contributed by atoms with Gasteiger partial charge in [-0.2, -0.15) is 0 Å². The van der Waals surface area contributed by atoms with E-state index in [1.54, 1.807) is 0 Å². The van der Waals surface area contributed by atoms with Crippen molar-refractivity contribution in [2.75, 3.05) is 0 Å². The topological polar surface area (TPSA) is 34.1 Å². The van der Waals surface area contributed by atoms with E-state index in [2.05, 4.69) is 0 Å². The predicted molar refractivity (Wildman–Crippen MR) is 8.29 cm³/mol. The largest absolute Gasteiger partial charge is 1.00 e. The molecular weight excluding hydrogens is 169 g/mol. The van der Waals surface area contributed by atoms with Crippen LogP contribution in [0.2, 0.25) is 0 Å². The summed E-state index contributed by atoms with van der Waals surface area (Å²) in [4.78, 5) is 0. The monoisotopic (exact) mass is 168 g/mol. The van der Waals surface area contributed by atoms with Gasteiger partial charge in [0, 0.05) is 0 Å². The second-order valence-electron chi connectivity index (χ2n) is 0.0745. The first kappa shape index (κ1) is 28.6. The molecule has 6 heavy (non-hydrogen) atoms. The molecule has 0 saturated carbocycles. The van der Waals surface area contributed by atoms with Gasteiger partial charge in [-0.3, -0.25) is 0 Å². The van der Waals surface area contributed by atoms with Crippen molar-refractivity contribution in [2.24, 2.45) is 0 Å². The van der Waals surface area contributed by atoms with E-state index in [0.717, 1.165) is 0 Å². The molecule has 0 aliphatic rings. The molecule has 2 nitrogen and oxygen atoms in total. The van der Waals surface area contributed by atoms with Crippen LogP contribution in [0.3, 0.4) is 0 Å². The van der Waals surface area contributed by atoms with E-state index in [9.17, 15) is 0 Å². The van der Waals surface area contributed by atoms with E-state index >= 15 is 0 Å². The van der Waals surface area contributed by atoms with Crippen LogP contribution in [0.25, 0.3) is 0 Å². The summed E-state index contributed by atoms with van der Waals surface area (Å²) >= 11 is 0. The summed E-state index contributed by atoms with van der Waals surface area (Å²) in [6.45, 7) is 0. The van der Waals surface area contributed by atoms with Crippen molar-refractivity contribution in [1.29, 1.82) is 0 Å². The Hall–Kier alpha value is 0.900. The Bertz CT molecular complexity index is 29.8. The molecule has 0 saturated heterocycles. The number of rotatable bonds is 0. The van der Waals surface area contributed by atoms with Crippen LogP contribution < -0.4 is 37.2 Å². The zero-order valence-electron chi connectivity index (χ0n) is 2.40. The summed E-state index contributed by atoms with van der Waals surface area (Å²) in [6, 6.07) is 0. The Balaban J connectivity index is -0.00000000667. The Morgan fingerprint density at radius 1 is 0.833 bits per heavy atom. The zero-order valence-corrected chi connectivity index (χ0v) is 5.56. The number of hydrogen-bond donors (Lipinski definition) is 0. The standard InChI is InChI=1S/3ClH.O2P/c;;;1-3-2/h3*1H;/q;;;+1/p-3. The summed E-state index contributed by atoms with van der Waals surface area (Å²) in [5.74, 6) is 0. The normalized spacial score (nSPS) is 1.33. The average Bonchev–Trinajstić information content (AvgIpc) is 0.918. The van der Waals surface area contributed by atoms with Gasteiger partial charge in [-0.1, -0.05) is 0 Å². The molecule has 0 N–H and O–H groups in total. The van der Waals surface area contributed by atoms with Gasteiger partial charge in [0.2, 0.25) is 0 Å². The van der Waals surface area contributed by atoms with E-state index in [4.69, 9.17) is 9.13 Å². The van der Waals surface area contributed by atoms with E-state index < -0.39 is 8.34 Å². The zero-order chi connectivity index (χ0) is 2.71. The van der Waals surface area contributed by atoms with Crippen LogP contribution in [0.5, 0.6) is 0 Å². The third kappa shape index (κ3) is 92.0. The van der Waals surface area contributed by atoms with E-state index in [-0.39, 0.29) is 37.2 Å². The minimum absolute atomic E-state index is 0. The maximum atomic E-state index is 8.35. The van der Waals surface area contributed by atoms with Crippen molar-refractivity contribution in [3.63, 3.8) is 0 Å². The molecule has 0 aliphatic heterocycles. The average molecular weight is 169 g/mol. The van der Waals surface area contributed by atoms with Gasteiger partial charge < -0.3 is 37.2 Å². The SMILES string of the molecule is O=[P+]=O.[Cl-].[Cl-].[Cl-]. The second-order valence-corrected chi connectivity index (χ2v) is 0.224. The molecule has 0 unspecified atom stereocenters. The van der Waals surface area contributed by atoms with Crippen molar-refractivity contribution in [3.05, 3.63) is 0 Å². The Labute approximate surface area is 55.2 Å². The molecule has 0 aromatic carbocycles. The summed E-state index contributed by atoms with van der Waals surface area (Å²) in [5.41, 5.74) is 0. The fraction of sp³-hybridized carbons (Fsp3) is 0. The van der Waals surface area contributed by atoms with Gasteiger partial charge in [-0.25, -0.2) is 0 Å². The molecular formula is Cl3O2P-2. The molecule has 0 bridgehead atoms. The van der Waals surface area contributed by atoms with Crippen molar-refractivity contribution in [3.8, 4) is 0 Å². The Morgan fingerprint density at radius 2 is 0.833 bits per heavy atom. The van der Waals surface area contributed by atoms with Crippen LogP contribution in [0.4, 0.5) is 0 Å². The van der Waals surface area contributed by atoms with Crippen LogP contribution >= 0.6 is 8.34 Å². The minimum Gasteiger partial charge on any atom is -1.00 e. The second kappa shape index (κ2) is 39.2. The maximum Gasteiger partial charge on any atom is -1.00 e. The summed E-state index contributed by atoms with van der Waals surface area (Å²) < 4.78 is 16.7. The van der Waals surface area contributed by atoms with E-state index in [1.165, 1.54) is 0 Å². The van der Waals surface area contributed by atoms with Gasteiger partial charge in [0.05, 0.1) is 0 Å². The third-order valence-electron chi connectivity index (χ3n) is 0. The molecule has 0 aromatic rings. The third-order valence-corrected chi connectivity index (χ3v) is 0. The van der Waals surface area contributed by atoms with Gasteiger partial charge in [-0.05, 0) is 0 Å². The van der Waals surface area contributed by atoms with Crippen molar-refractivity contribution >= 4 is 8.34 Å². The molecule has 6 heteroatoms. The van der Waals surface area contributed by atoms with Crippen LogP contribution in [0.1, 0.15) is 0 Å². The summed E-state index contributed by atoms with van der Waals surface area (Å²) in [5, 5.41) is 0. The number of hydrogen-bond acceptors (Lipinski definition) is 2. The quantitative estimate of drug-likeness (QED) is 0.338. The first-order valence-corrected chi connectivity index (χ1v) is 1.10. The smallest absolute Gasteiger partial charge is 1.00 e. The van der Waals surface area contributed by atoms with Crippen molar-refractivity contribution < 1.29 is 46.4 Å². The van der Waals surface area contributed by atoms with Crippen molar-refractivity contribution in [1.82, 2.24) is 0 Å². The van der Waals surface area contributed by atoms with Gasteiger partial charge in [0.25, 0.3) is 0 Å². The minimum atomic E-state index is -1.08. The first-order valence-electron chi connectivity index (χ1n) is 0.365. The molecule has 0 radical (unpaired) electrons. The molecule has 0 aliphatic carbocycles. The molecule has 0 heterocycles. The van der Waals surface area contributed by atoms with Crippen LogP contribution in [-0.4, -0.2) is 0 Å². The van der Waals surface area contributed by atoms with Gasteiger partial charge in [0.1, 0.15) is 0 Å².